The van der Waals surface area contributed by atoms with Crippen molar-refractivity contribution in [3.05, 3.63) is 89.5 Å². The number of rotatable bonds is 9. The highest BCUT2D eigenvalue weighted by Gasteiger charge is 2.10. The van der Waals surface area contributed by atoms with E-state index < -0.39 is 6.09 Å². The molecule has 0 saturated heterocycles. The lowest BCUT2D eigenvalue weighted by atomic mass is 9.99. The summed E-state index contributed by atoms with van der Waals surface area (Å²) in [5.74, 6) is -0.0516. The Morgan fingerprint density at radius 3 is 2.29 bits per heavy atom. The van der Waals surface area contributed by atoms with Gasteiger partial charge in [0.05, 0.1) is 5.69 Å². The molecule has 0 spiro atoms. The van der Waals surface area contributed by atoms with E-state index in [4.69, 9.17) is 0 Å². The van der Waals surface area contributed by atoms with Crippen molar-refractivity contribution in [1.82, 2.24) is 5.32 Å². The quantitative estimate of drug-likeness (QED) is 0.433. The molecule has 0 aliphatic carbocycles. The van der Waals surface area contributed by atoms with Crippen LogP contribution in [0.4, 0.5) is 10.5 Å². The molecule has 0 aliphatic heterocycles. The van der Waals surface area contributed by atoms with Gasteiger partial charge in [-0.3, -0.25) is 14.9 Å². The van der Waals surface area contributed by atoms with Gasteiger partial charge in [-0.15, -0.1) is 0 Å². The van der Waals surface area contributed by atoms with Crippen molar-refractivity contribution in [3.63, 3.8) is 0 Å². The molecule has 0 bridgehead atoms. The van der Waals surface area contributed by atoms with Crippen molar-refractivity contribution in [2.75, 3.05) is 5.32 Å². The van der Waals surface area contributed by atoms with Crippen LogP contribution in [0.15, 0.2) is 72.8 Å². The minimum atomic E-state index is -1.12. The summed E-state index contributed by atoms with van der Waals surface area (Å²) in [5, 5.41) is 14.5. The zero-order chi connectivity index (χ0) is 22.1. The SMILES string of the molecule is O=Cc1ccc(CNC(=O)CCCc2ccc(-c3ccccc3)c(NC(=O)O)c2)cc1. The lowest BCUT2D eigenvalue weighted by molar-refractivity contribution is -0.121. The molecule has 0 saturated carbocycles. The maximum Gasteiger partial charge on any atom is 0.409 e. The van der Waals surface area contributed by atoms with Crippen molar-refractivity contribution >= 4 is 24.0 Å². The van der Waals surface area contributed by atoms with E-state index in [1.807, 2.05) is 60.7 Å². The first-order chi connectivity index (χ1) is 15.0. The Hall–Kier alpha value is -3.93. The maximum absolute atomic E-state index is 12.1. The van der Waals surface area contributed by atoms with Crippen LogP contribution in [0.5, 0.6) is 0 Å². The number of hydrogen-bond donors (Lipinski definition) is 3. The molecule has 0 heterocycles. The number of amides is 2. The van der Waals surface area contributed by atoms with Crippen molar-refractivity contribution < 1.29 is 19.5 Å². The number of nitrogens with one attached hydrogen (secondary N) is 2. The van der Waals surface area contributed by atoms with Gasteiger partial charge < -0.3 is 10.4 Å². The summed E-state index contributed by atoms with van der Waals surface area (Å²) in [6.07, 6.45) is 1.34. The molecule has 3 rings (SSSR count). The molecule has 2 amide bonds. The summed E-state index contributed by atoms with van der Waals surface area (Å²) >= 11 is 0. The number of benzene rings is 3. The Balaban J connectivity index is 1.55. The van der Waals surface area contributed by atoms with Crippen LogP contribution >= 0.6 is 0 Å². The van der Waals surface area contributed by atoms with Gasteiger partial charge in [-0.2, -0.15) is 0 Å². The average molecular weight is 416 g/mol. The Labute approximate surface area is 180 Å². The zero-order valence-electron chi connectivity index (χ0n) is 17.0. The fourth-order valence-electron chi connectivity index (χ4n) is 3.29. The maximum atomic E-state index is 12.1. The van der Waals surface area contributed by atoms with Crippen molar-refractivity contribution in [2.24, 2.45) is 0 Å². The highest BCUT2D eigenvalue weighted by Crippen LogP contribution is 2.29. The van der Waals surface area contributed by atoms with E-state index in [2.05, 4.69) is 10.6 Å². The molecule has 158 valence electrons. The molecule has 31 heavy (non-hydrogen) atoms. The Kier molecular flexibility index (Phi) is 7.54. The third-order valence-electron chi connectivity index (χ3n) is 4.89. The van der Waals surface area contributed by atoms with Gasteiger partial charge in [0.1, 0.15) is 6.29 Å². The number of carbonyl (C=O) groups is 3. The van der Waals surface area contributed by atoms with Gasteiger partial charge in [-0.1, -0.05) is 66.7 Å². The molecule has 0 fully saturated rings. The largest absolute Gasteiger partial charge is 0.465 e. The highest BCUT2D eigenvalue weighted by atomic mass is 16.4. The normalized spacial score (nSPS) is 10.3. The van der Waals surface area contributed by atoms with Gasteiger partial charge in [-0.05, 0) is 35.6 Å². The minimum absolute atomic E-state index is 0.0516. The summed E-state index contributed by atoms with van der Waals surface area (Å²) < 4.78 is 0. The second-order valence-electron chi connectivity index (χ2n) is 7.17. The Bertz CT molecular complexity index is 1050. The smallest absolute Gasteiger partial charge is 0.409 e. The summed E-state index contributed by atoms with van der Waals surface area (Å²) in [6, 6.07) is 22.3. The molecule has 3 aromatic carbocycles. The van der Waals surface area contributed by atoms with Crippen molar-refractivity contribution in [3.8, 4) is 11.1 Å². The first-order valence-electron chi connectivity index (χ1n) is 10.0. The minimum Gasteiger partial charge on any atom is -0.465 e. The number of carboxylic acid groups (broad SMARTS) is 1. The van der Waals surface area contributed by atoms with Crippen LogP contribution in [-0.2, 0) is 17.8 Å². The lowest BCUT2D eigenvalue weighted by Crippen LogP contribution is -2.22. The second kappa shape index (κ2) is 10.7. The zero-order valence-corrected chi connectivity index (χ0v) is 17.0. The first-order valence-corrected chi connectivity index (χ1v) is 10.0. The van der Waals surface area contributed by atoms with Crippen LogP contribution in [0.1, 0.15) is 34.3 Å². The Morgan fingerprint density at radius 1 is 0.903 bits per heavy atom. The van der Waals surface area contributed by atoms with E-state index in [0.717, 1.165) is 28.5 Å². The van der Waals surface area contributed by atoms with Crippen LogP contribution in [0.25, 0.3) is 11.1 Å². The summed E-state index contributed by atoms with van der Waals surface area (Å²) in [7, 11) is 0. The van der Waals surface area contributed by atoms with Gasteiger partial charge in [0, 0.05) is 24.1 Å². The van der Waals surface area contributed by atoms with E-state index >= 15 is 0 Å². The van der Waals surface area contributed by atoms with E-state index in [1.165, 1.54) is 0 Å². The Morgan fingerprint density at radius 2 is 1.61 bits per heavy atom. The number of aryl methyl sites for hydroxylation is 1. The van der Waals surface area contributed by atoms with Crippen molar-refractivity contribution in [1.29, 1.82) is 0 Å². The second-order valence-corrected chi connectivity index (χ2v) is 7.17. The molecule has 3 N–H and O–H groups in total. The topological polar surface area (TPSA) is 95.5 Å². The van der Waals surface area contributed by atoms with Crippen LogP contribution in [0.2, 0.25) is 0 Å². The summed E-state index contributed by atoms with van der Waals surface area (Å²) in [5.41, 5.74) is 4.76. The van der Waals surface area contributed by atoms with E-state index in [9.17, 15) is 19.5 Å². The highest BCUT2D eigenvalue weighted by molar-refractivity contribution is 5.90. The molecular formula is C25H24N2O4. The molecule has 0 atom stereocenters. The van der Waals surface area contributed by atoms with Gasteiger partial charge in [0.25, 0.3) is 0 Å². The fraction of sp³-hybridized carbons (Fsp3) is 0.160. The number of hydrogen-bond acceptors (Lipinski definition) is 3. The van der Waals surface area contributed by atoms with E-state index in [0.29, 0.717) is 37.1 Å². The van der Waals surface area contributed by atoms with Crippen LogP contribution < -0.4 is 10.6 Å². The van der Waals surface area contributed by atoms with Crippen LogP contribution in [0.3, 0.4) is 0 Å². The van der Waals surface area contributed by atoms with Crippen LogP contribution in [-0.4, -0.2) is 23.4 Å². The molecule has 0 radical (unpaired) electrons. The summed E-state index contributed by atoms with van der Waals surface area (Å²) in [6.45, 7) is 0.413. The molecule has 6 heteroatoms. The van der Waals surface area contributed by atoms with Gasteiger partial charge in [-0.25, -0.2) is 4.79 Å². The third kappa shape index (κ3) is 6.54. The van der Waals surface area contributed by atoms with Crippen molar-refractivity contribution in [2.45, 2.75) is 25.8 Å². The predicted molar refractivity (Wildman–Crippen MR) is 120 cm³/mol. The molecule has 3 aromatic rings. The third-order valence-corrected chi connectivity index (χ3v) is 4.89. The first kappa shape index (κ1) is 21.8. The number of anilines is 1. The summed E-state index contributed by atoms with van der Waals surface area (Å²) in [4.78, 5) is 34.0. The number of carbonyl (C=O) groups excluding carboxylic acids is 2. The molecule has 0 aliphatic rings. The lowest BCUT2D eigenvalue weighted by Gasteiger charge is -2.12. The van der Waals surface area contributed by atoms with E-state index in [1.54, 1.807) is 12.1 Å². The fourth-order valence-corrected chi connectivity index (χ4v) is 3.29. The molecule has 0 aromatic heterocycles. The predicted octanol–water partition coefficient (Wildman–Crippen LogP) is 4.90. The average Bonchev–Trinajstić information content (AvgIpc) is 2.78. The van der Waals surface area contributed by atoms with E-state index in [-0.39, 0.29) is 5.91 Å². The van der Waals surface area contributed by atoms with Gasteiger partial charge >= 0.3 is 6.09 Å². The van der Waals surface area contributed by atoms with Gasteiger partial charge in [0.15, 0.2) is 0 Å². The molecule has 0 unspecified atom stereocenters. The van der Waals surface area contributed by atoms with Crippen LogP contribution in [0, 0.1) is 0 Å². The monoisotopic (exact) mass is 416 g/mol. The standard InChI is InChI=1S/C25H24N2O4/c28-17-20-11-9-19(10-12-20)16-26-24(29)8-4-5-18-13-14-22(21-6-2-1-3-7-21)23(15-18)27-25(30)31/h1-3,6-7,9-15,17,27H,4-5,8,16H2,(H,26,29)(H,30,31). The van der Waals surface area contributed by atoms with Gasteiger partial charge in [0.2, 0.25) is 5.91 Å². The number of aldehydes is 1. The molecule has 6 nitrogen and oxygen atoms in total. The molecular weight excluding hydrogens is 392 g/mol.